The second-order valence-corrected chi connectivity index (χ2v) is 7.49. The Morgan fingerprint density at radius 1 is 0.720 bits per heavy atom. The highest BCUT2D eigenvalue weighted by atomic mass is 15.4. The predicted molar refractivity (Wildman–Crippen MR) is 107 cm³/mol. The van der Waals surface area contributed by atoms with Crippen molar-refractivity contribution in [2.24, 2.45) is 5.92 Å². The van der Waals surface area contributed by atoms with Crippen LogP contribution in [0.4, 0.5) is 11.4 Å². The van der Waals surface area contributed by atoms with Gasteiger partial charge in [-0.3, -0.25) is 0 Å². The lowest BCUT2D eigenvalue weighted by atomic mass is 10.0. The van der Waals surface area contributed by atoms with Crippen LogP contribution in [0.5, 0.6) is 0 Å². The minimum atomic E-state index is 0.394. The number of hydrogen-bond donors (Lipinski definition) is 0. The lowest BCUT2D eigenvalue weighted by Gasteiger charge is -2.39. The zero-order valence-electron chi connectivity index (χ0n) is 15.6. The summed E-state index contributed by atoms with van der Waals surface area (Å²) in [4.78, 5) is 5.19. The van der Waals surface area contributed by atoms with Crippen molar-refractivity contribution < 1.29 is 0 Å². The fourth-order valence-corrected chi connectivity index (χ4v) is 4.63. The van der Waals surface area contributed by atoms with E-state index >= 15 is 0 Å². The minimum Gasteiger partial charge on any atom is -0.322 e. The number of anilines is 2. The molecule has 1 fully saturated rings. The van der Waals surface area contributed by atoms with E-state index < -0.39 is 0 Å². The standard InChI is InChI=1S/C23H28N2/c1-17-11-7-10-16-22(17)25-19(3)18(2)24(21-14-5-4-6-15-21)23(25)20-12-8-9-13-20/h4-7,10-11,14-16,20,23H,8-9,12-13H2,1-3H3. The average molecular weight is 332 g/mol. The molecule has 1 atom stereocenters. The van der Waals surface area contributed by atoms with Crippen molar-refractivity contribution in [3.05, 3.63) is 71.6 Å². The van der Waals surface area contributed by atoms with Crippen LogP contribution in [0.2, 0.25) is 0 Å². The van der Waals surface area contributed by atoms with Gasteiger partial charge in [-0.1, -0.05) is 49.2 Å². The molecule has 130 valence electrons. The highest BCUT2D eigenvalue weighted by Gasteiger charge is 2.42. The maximum absolute atomic E-state index is 2.60. The van der Waals surface area contributed by atoms with Crippen LogP contribution in [-0.4, -0.2) is 6.17 Å². The second-order valence-electron chi connectivity index (χ2n) is 7.49. The molecule has 2 aliphatic rings. The Balaban J connectivity index is 1.84. The zero-order valence-corrected chi connectivity index (χ0v) is 15.6. The molecule has 0 saturated heterocycles. The van der Waals surface area contributed by atoms with Crippen molar-refractivity contribution in [3.63, 3.8) is 0 Å². The summed E-state index contributed by atoms with van der Waals surface area (Å²) in [5, 5.41) is 0. The van der Waals surface area contributed by atoms with Crippen LogP contribution >= 0.6 is 0 Å². The van der Waals surface area contributed by atoms with Gasteiger partial charge in [-0.2, -0.15) is 0 Å². The van der Waals surface area contributed by atoms with Gasteiger partial charge in [-0.25, -0.2) is 0 Å². The van der Waals surface area contributed by atoms with E-state index in [0.29, 0.717) is 12.1 Å². The van der Waals surface area contributed by atoms with Gasteiger partial charge in [-0.15, -0.1) is 0 Å². The van der Waals surface area contributed by atoms with Crippen molar-refractivity contribution in [1.29, 1.82) is 0 Å². The van der Waals surface area contributed by atoms with Crippen molar-refractivity contribution >= 4 is 11.4 Å². The van der Waals surface area contributed by atoms with Crippen LogP contribution in [0.15, 0.2) is 66.0 Å². The number of hydrogen-bond acceptors (Lipinski definition) is 2. The van der Waals surface area contributed by atoms with E-state index in [4.69, 9.17) is 0 Å². The van der Waals surface area contributed by atoms with E-state index in [2.05, 4.69) is 85.2 Å². The second kappa shape index (κ2) is 6.59. The molecule has 0 bridgehead atoms. The number of aryl methyl sites for hydroxylation is 1. The highest BCUT2D eigenvalue weighted by molar-refractivity contribution is 5.68. The zero-order chi connectivity index (χ0) is 17.4. The van der Waals surface area contributed by atoms with E-state index in [0.717, 1.165) is 0 Å². The number of benzene rings is 2. The van der Waals surface area contributed by atoms with Gasteiger partial charge in [0, 0.05) is 22.8 Å². The molecule has 0 N–H and O–H groups in total. The average Bonchev–Trinajstić information content (AvgIpc) is 3.24. The van der Waals surface area contributed by atoms with Gasteiger partial charge in [-0.05, 0) is 63.3 Å². The SMILES string of the molecule is CC1=C(C)N(c2ccccc2C)C(C2CCCC2)N1c1ccccc1. The molecule has 1 heterocycles. The number of allylic oxidation sites excluding steroid dienone is 2. The van der Waals surface area contributed by atoms with Crippen molar-refractivity contribution in [1.82, 2.24) is 0 Å². The number of para-hydroxylation sites is 2. The third-order valence-electron chi connectivity index (χ3n) is 6.01. The Bertz CT molecular complexity index is 772. The first-order chi connectivity index (χ1) is 12.2. The Morgan fingerprint density at radius 3 is 2.00 bits per heavy atom. The molecule has 1 aliphatic carbocycles. The van der Waals surface area contributed by atoms with Crippen LogP contribution in [-0.2, 0) is 0 Å². The molecule has 0 spiro atoms. The number of nitrogens with zero attached hydrogens (tertiary/aromatic N) is 2. The molecule has 2 aromatic rings. The molecule has 2 aromatic carbocycles. The fourth-order valence-electron chi connectivity index (χ4n) is 4.63. The molecule has 0 radical (unpaired) electrons. The first-order valence-corrected chi connectivity index (χ1v) is 9.55. The monoisotopic (exact) mass is 332 g/mol. The van der Waals surface area contributed by atoms with E-state index in [1.165, 1.54) is 54.0 Å². The van der Waals surface area contributed by atoms with Crippen LogP contribution in [0.25, 0.3) is 0 Å². The molecule has 1 aliphatic heterocycles. The van der Waals surface area contributed by atoms with Gasteiger partial charge >= 0.3 is 0 Å². The Kier molecular flexibility index (Phi) is 4.29. The molecule has 0 amide bonds. The van der Waals surface area contributed by atoms with Gasteiger partial charge in [0.2, 0.25) is 0 Å². The summed E-state index contributed by atoms with van der Waals surface area (Å²) in [6, 6.07) is 19.7. The van der Waals surface area contributed by atoms with E-state index in [9.17, 15) is 0 Å². The minimum absolute atomic E-state index is 0.394. The molecular formula is C23H28N2. The molecule has 2 nitrogen and oxygen atoms in total. The fraction of sp³-hybridized carbons (Fsp3) is 0.391. The number of rotatable bonds is 3. The molecule has 4 rings (SSSR count). The van der Waals surface area contributed by atoms with Gasteiger partial charge in [0.15, 0.2) is 0 Å². The third-order valence-corrected chi connectivity index (χ3v) is 6.01. The maximum atomic E-state index is 2.60. The van der Waals surface area contributed by atoms with E-state index in [1.807, 2.05) is 0 Å². The van der Waals surface area contributed by atoms with Crippen LogP contribution in [0.3, 0.4) is 0 Å². The molecule has 25 heavy (non-hydrogen) atoms. The largest absolute Gasteiger partial charge is 0.322 e. The van der Waals surface area contributed by atoms with Crippen molar-refractivity contribution in [3.8, 4) is 0 Å². The predicted octanol–water partition coefficient (Wildman–Crippen LogP) is 6.09. The summed E-state index contributed by atoms with van der Waals surface area (Å²) in [6.45, 7) is 6.80. The maximum Gasteiger partial charge on any atom is 0.113 e. The first-order valence-electron chi connectivity index (χ1n) is 9.55. The normalized spacial score (nSPS) is 21.5. The summed E-state index contributed by atoms with van der Waals surface area (Å²) < 4.78 is 0. The lowest BCUT2D eigenvalue weighted by molar-refractivity contribution is 0.432. The molecule has 2 heteroatoms. The van der Waals surface area contributed by atoms with E-state index in [-0.39, 0.29) is 0 Å². The molecule has 1 saturated carbocycles. The molecule has 0 aromatic heterocycles. The Hall–Kier alpha value is -2.22. The van der Waals surface area contributed by atoms with Gasteiger partial charge in [0.1, 0.15) is 6.17 Å². The first kappa shape index (κ1) is 16.3. The lowest BCUT2D eigenvalue weighted by Crippen LogP contribution is -2.45. The van der Waals surface area contributed by atoms with Gasteiger partial charge in [0.05, 0.1) is 0 Å². The highest BCUT2D eigenvalue weighted by Crippen LogP contribution is 2.44. The summed E-state index contributed by atoms with van der Waals surface area (Å²) in [5.41, 5.74) is 6.79. The summed E-state index contributed by atoms with van der Waals surface area (Å²) in [5.74, 6) is 0.715. The smallest absolute Gasteiger partial charge is 0.113 e. The quantitative estimate of drug-likeness (QED) is 0.671. The van der Waals surface area contributed by atoms with Gasteiger partial charge in [0.25, 0.3) is 0 Å². The van der Waals surface area contributed by atoms with Gasteiger partial charge < -0.3 is 9.80 Å². The van der Waals surface area contributed by atoms with Crippen LogP contribution in [0, 0.1) is 12.8 Å². The van der Waals surface area contributed by atoms with Crippen molar-refractivity contribution in [2.75, 3.05) is 9.80 Å². The van der Waals surface area contributed by atoms with Crippen molar-refractivity contribution in [2.45, 2.75) is 52.6 Å². The van der Waals surface area contributed by atoms with Crippen LogP contribution < -0.4 is 9.80 Å². The third kappa shape index (κ3) is 2.74. The Labute approximate surface area is 151 Å². The van der Waals surface area contributed by atoms with E-state index in [1.54, 1.807) is 0 Å². The Morgan fingerprint density at radius 2 is 1.32 bits per heavy atom. The molecular weight excluding hydrogens is 304 g/mol. The topological polar surface area (TPSA) is 6.48 Å². The summed E-state index contributed by atoms with van der Waals surface area (Å²) in [6.07, 6.45) is 5.78. The molecule has 1 unspecified atom stereocenters. The van der Waals surface area contributed by atoms with Crippen LogP contribution in [0.1, 0.15) is 45.1 Å². The summed E-state index contributed by atoms with van der Waals surface area (Å²) >= 11 is 0. The summed E-state index contributed by atoms with van der Waals surface area (Å²) in [7, 11) is 0.